The summed E-state index contributed by atoms with van der Waals surface area (Å²) in [4.78, 5) is 14.7. The average molecular weight is 324 g/mol. The summed E-state index contributed by atoms with van der Waals surface area (Å²) in [6.45, 7) is 4.60. The monoisotopic (exact) mass is 324 g/mol. The number of phenols is 1. The van der Waals surface area contributed by atoms with E-state index in [0.29, 0.717) is 6.42 Å². The van der Waals surface area contributed by atoms with E-state index in [4.69, 9.17) is 5.73 Å². The molecule has 1 heterocycles. The maximum Gasteiger partial charge on any atom is 0.244 e. The van der Waals surface area contributed by atoms with Crippen LogP contribution >= 0.6 is 0 Å². The molecule has 4 heteroatoms. The van der Waals surface area contributed by atoms with Gasteiger partial charge in [-0.15, -0.1) is 0 Å². The topological polar surface area (TPSA) is 66.6 Å². The molecule has 0 aromatic heterocycles. The molecule has 2 aromatic rings. The Morgan fingerprint density at radius 1 is 1.25 bits per heavy atom. The minimum absolute atomic E-state index is 0.0333. The number of aromatic hydroxyl groups is 1. The summed E-state index contributed by atoms with van der Waals surface area (Å²) >= 11 is 0. The van der Waals surface area contributed by atoms with E-state index in [1.165, 1.54) is 5.56 Å². The Labute approximate surface area is 142 Å². The van der Waals surface area contributed by atoms with E-state index >= 15 is 0 Å². The SMILES string of the molecule is Cc1cc(O)cc(C)c1CC(N)C(=O)N1CCCc2ccccc21. The standard InChI is InChI=1S/C20H24N2O2/c1-13-10-16(23)11-14(2)17(13)12-18(21)20(24)22-9-5-7-15-6-3-4-8-19(15)22/h3-4,6,8,10-11,18,23H,5,7,9,12,21H2,1-2H3. The van der Waals surface area contributed by atoms with Crippen molar-refractivity contribution >= 4 is 11.6 Å². The average Bonchev–Trinajstić information content (AvgIpc) is 2.56. The third-order valence-corrected chi connectivity index (χ3v) is 4.80. The predicted molar refractivity (Wildman–Crippen MR) is 96.4 cm³/mol. The number of anilines is 1. The predicted octanol–water partition coefficient (Wildman–Crippen LogP) is 2.86. The Morgan fingerprint density at radius 3 is 2.62 bits per heavy atom. The van der Waals surface area contributed by atoms with Crippen LogP contribution in [-0.2, 0) is 17.6 Å². The van der Waals surface area contributed by atoms with Crippen LogP contribution in [-0.4, -0.2) is 23.6 Å². The second-order valence-corrected chi connectivity index (χ2v) is 6.59. The first-order valence-electron chi connectivity index (χ1n) is 8.41. The highest BCUT2D eigenvalue weighted by molar-refractivity contribution is 5.98. The Hall–Kier alpha value is -2.33. The van der Waals surface area contributed by atoms with Gasteiger partial charge in [0, 0.05) is 12.2 Å². The number of hydrogen-bond acceptors (Lipinski definition) is 3. The van der Waals surface area contributed by atoms with E-state index < -0.39 is 6.04 Å². The molecule has 24 heavy (non-hydrogen) atoms. The van der Waals surface area contributed by atoms with Crippen molar-refractivity contribution in [2.45, 2.75) is 39.2 Å². The highest BCUT2D eigenvalue weighted by Gasteiger charge is 2.27. The number of carbonyl (C=O) groups excluding carboxylic acids is 1. The highest BCUT2D eigenvalue weighted by atomic mass is 16.3. The molecule has 126 valence electrons. The molecule has 2 aromatic carbocycles. The van der Waals surface area contributed by atoms with Crippen molar-refractivity contribution in [1.82, 2.24) is 0 Å². The Bertz CT molecular complexity index is 747. The van der Waals surface area contributed by atoms with Crippen molar-refractivity contribution in [3.8, 4) is 5.75 Å². The van der Waals surface area contributed by atoms with Gasteiger partial charge in [0.15, 0.2) is 0 Å². The summed E-state index contributed by atoms with van der Waals surface area (Å²) in [5, 5.41) is 9.67. The molecule has 3 rings (SSSR count). The quantitative estimate of drug-likeness (QED) is 0.912. The molecule has 0 aliphatic carbocycles. The summed E-state index contributed by atoms with van der Waals surface area (Å²) < 4.78 is 0. The van der Waals surface area contributed by atoms with Crippen LogP contribution in [0.1, 0.15) is 28.7 Å². The van der Waals surface area contributed by atoms with Crippen molar-refractivity contribution in [2.24, 2.45) is 5.73 Å². The van der Waals surface area contributed by atoms with Crippen LogP contribution in [0.25, 0.3) is 0 Å². The molecule has 1 aliphatic rings. The third kappa shape index (κ3) is 3.15. The Morgan fingerprint density at radius 2 is 1.92 bits per heavy atom. The van der Waals surface area contributed by atoms with Gasteiger partial charge in [0.25, 0.3) is 0 Å². The van der Waals surface area contributed by atoms with Crippen molar-refractivity contribution in [1.29, 1.82) is 0 Å². The zero-order valence-electron chi connectivity index (χ0n) is 14.2. The number of para-hydroxylation sites is 1. The van der Waals surface area contributed by atoms with Gasteiger partial charge in [-0.25, -0.2) is 0 Å². The second-order valence-electron chi connectivity index (χ2n) is 6.59. The van der Waals surface area contributed by atoms with Crippen LogP contribution < -0.4 is 10.6 Å². The normalized spacial score (nSPS) is 15.0. The maximum atomic E-state index is 12.9. The molecule has 1 aliphatic heterocycles. The first kappa shape index (κ1) is 16.5. The molecule has 4 nitrogen and oxygen atoms in total. The number of nitrogens with zero attached hydrogens (tertiary/aromatic N) is 1. The van der Waals surface area contributed by atoms with Crippen LogP contribution in [0.3, 0.4) is 0 Å². The molecular formula is C20H24N2O2. The molecular weight excluding hydrogens is 300 g/mol. The lowest BCUT2D eigenvalue weighted by Gasteiger charge is -2.31. The maximum absolute atomic E-state index is 12.9. The number of hydrogen-bond donors (Lipinski definition) is 2. The van der Waals surface area contributed by atoms with E-state index in [1.807, 2.05) is 36.9 Å². The molecule has 0 fully saturated rings. The zero-order valence-corrected chi connectivity index (χ0v) is 14.2. The minimum Gasteiger partial charge on any atom is -0.508 e. The number of rotatable bonds is 3. The molecule has 1 atom stereocenters. The summed E-state index contributed by atoms with van der Waals surface area (Å²) in [5.41, 5.74) is 11.4. The van der Waals surface area contributed by atoms with Gasteiger partial charge in [0.1, 0.15) is 5.75 Å². The van der Waals surface area contributed by atoms with Crippen LogP contribution in [0.15, 0.2) is 36.4 Å². The van der Waals surface area contributed by atoms with Gasteiger partial charge in [-0.3, -0.25) is 4.79 Å². The van der Waals surface area contributed by atoms with E-state index in [2.05, 4.69) is 6.07 Å². The van der Waals surface area contributed by atoms with Gasteiger partial charge >= 0.3 is 0 Å². The summed E-state index contributed by atoms with van der Waals surface area (Å²) in [5.74, 6) is 0.215. The first-order chi connectivity index (χ1) is 11.5. The van der Waals surface area contributed by atoms with Crippen LogP contribution in [0.2, 0.25) is 0 Å². The number of amides is 1. The van der Waals surface area contributed by atoms with Crippen molar-refractivity contribution in [2.75, 3.05) is 11.4 Å². The molecule has 0 radical (unpaired) electrons. The number of fused-ring (bicyclic) bond motifs is 1. The summed E-state index contributed by atoms with van der Waals surface area (Å²) in [6.07, 6.45) is 2.45. The van der Waals surface area contributed by atoms with Gasteiger partial charge in [-0.05, 0) is 73.6 Å². The van der Waals surface area contributed by atoms with Gasteiger partial charge in [0.2, 0.25) is 5.91 Å². The van der Waals surface area contributed by atoms with Gasteiger partial charge in [-0.1, -0.05) is 18.2 Å². The number of nitrogens with two attached hydrogens (primary N) is 1. The van der Waals surface area contributed by atoms with E-state index in [1.54, 1.807) is 12.1 Å². The number of benzene rings is 2. The van der Waals surface area contributed by atoms with Gasteiger partial charge in [0.05, 0.1) is 6.04 Å². The number of carbonyl (C=O) groups is 1. The Kier molecular flexibility index (Phi) is 4.58. The summed E-state index contributed by atoms with van der Waals surface area (Å²) in [7, 11) is 0. The molecule has 3 N–H and O–H groups in total. The molecule has 1 unspecified atom stereocenters. The third-order valence-electron chi connectivity index (χ3n) is 4.80. The van der Waals surface area contributed by atoms with Crippen LogP contribution in [0, 0.1) is 13.8 Å². The van der Waals surface area contributed by atoms with E-state index in [-0.39, 0.29) is 11.7 Å². The molecule has 0 bridgehead atoms. The summed E-state index contributed by atoms with van der Waals surface area (Å²) in [6, 6.07) is 10.9. The van der Waals surface area contributed by atoms with E-state index in [0.717, 1.165) is 41.8 Å². The lowest BCUT2D eigenvalue weighted by molar-refractivity contribution is -0.119. The fourth-order valence-corrected chi connectivity index (χ4v) is 3.56. The largest absolute Gasteiger partial charge is 0.508 e. The zero-order chi connectivity index (χ0) is 17.3. The number of phenolic OH excluding ortho intramolecular Hbond substituents is 1. The highest BCUT2D eigenvalue weighted by Crippen LogP contribution is 2.28. The van der Waals surface area contributed by atoms with Crippen LogP contribution in [0.5, 0.6) is 5.75 Å². The Balaban J connectivity index is 1.82. The lowest BCUT2D eigenvalue weighted by atomic mass is 9.94. The van der Waals surface area contributed by atoms with Crippen molar-refractivity contribution < 1.29 is 9.90 Å². The number of aryl methyl sites for hydroxylation is 3. The molecule has 0 saturated carbocycles. The fourth-order valence-electron chi connectivity index (χ4n) is 3.56. The smallest absolute Gasteiger partial charge is 0.244 e. The van der Waals surface area contributed by atoms with Crippen molar-refractivity contribution in [3.05, 3.63) is 58.7 Å². The first-order valence-corrected chi connectivity index (χ1v) is 8.41. The molecule has 0 saturated heterocycles. The molecule has 1 amide bonds. The van der Waals surface area contributed by atoms with E-state index in [9.17, 15) is 9.90 Å². The molecule has 0 spiro atoms. The second kappa shape index (κ2) is 6.65. The van der Waals surface area contributed by atoms with Gasteiger partial charge in [-0.2, -0.15) is 0 Å². The van der Waals surface area contributed by atoms with Crippen LogP contribution in [0.4, 0.5) is 5.69 Å². The fraction of sp³-hybridized carbons (Fsp3) is 0.350. The minimum atomic E-state index is -0.585. The lowest BCUT2D eigenvalue weighted by Crippen LogP contribution is -2.47. The van der Waals surface area contributed by atoms with Gasteiger partial charge < -0.3 is 15.7 Å². The van der Waals surface area contributed by atoms with Crippen molar-refractivity contribution in [3.63, 3.8) is 0 Å².